The highest BCUT2D eigenvalue weighted by atomic mass is 16.5. The first-order valence-corrected chi connectivity index (χ1v) is 12.9. The molecule has 0 heterocycles. The molecular formula is C26H48O4. The van der Waals surface area contributed by atoms with E-state index in [1.165, 1.54) is 32.1 Å². The molecule has 4 atom stereocenters. The highest BCUT2D eigenvalue weighted by molar-refractivity contribution is 5.82. The van der Waals surface area contributed by atoms with Gasteiger partial charge in [-0.05, 0) is 43.9 Å². The van der Waals surface area contributed by atoms with Crippen molar-refractivity contribution in [3.8, 4) is 0 Å². The van der Waals surface area contributed by atoms with E-state index in [0.717, 1.165) is 57.8 Å². The van der Waals surface area contributed by atoms with Crippen molar-refractivity contribution in [2.45, 2.75) is 118 Å². The maximum Gasteiger partial charge on any atom is 0.309 e. The molecule has 0 aromatic rings. The van der Waals surface area contributed by atoms with E-state index in [4.69, 9.17) is 9.47 Å². The fourth-order valence-corrected chi connectivity index (χ4v) is 4.61. The van der Waals surface area contributed by atoms with Crippen LogP contribution in [0.4, 0.5) is 0 Å². The van der Waals surface area contributed by atoms with Crippen LogP contribution in [0.3, 0.4) is 0 Å². The Morgan fingerprint density at radius 1 is 0.700 bits per heavy atom. The Balaban J connectivity index is 2.55. The molecular weight excluding hydrogens is 376 g/mol. The van der Waals surface area contributed by atoms with Crippen LogP contribution in [0.5, 0.6) is 0 Å². The number of rotatable bonds is 16. The molecule has 0 aromatic heterocycles. The summed E-state index contributed by atoms with van der Waals surface area (Å²) in [5.41, 5.74) is 0. The van der Waals surface area contributed by atoms with Gasteiger partial charge in [-0.15, -0.1) is 0 Å². The first-order chi connectivity index (χ1) is 14.6. The minimum Gasteiger partial charge on any atom is -0.465 e. The predicted octanol–water partition coefficient (Wildman–Crippen LogP) is 7.09. The van der Waals surface area contributed by atoms with Crippen LogP contribution in [0.25, 0.3) is 0 Å². The van der Waals surface area contributed by atoms with E-state index in [-0.39, 0.29) is 23.8 Å². The summed E-state index contributed by atoms with van der Waals surface area (Å²) in [5, 5.41) is 0. The van der Waals surface area contributed by atoms with Gasteiger partial charge in [-0.2, -0.15) is 0 Å². The lowest BCUT2D eigenvalue weighted by Gasteiger charge is -2.29. The zero-order chi connectivity index (χ0) is 22.2. The van der Waals surface area contributed by atoms with Gasteiger partial charge >= 0.3 is 11.9 Å². The molecule has 176 valence electrons. The normalized spacial score (nSPS) is 21.1. The molecule has 0 aromatic carbocycles. The number of carbonyl (C=O) groups is 2. The molecule has 0 saturated heterocycles. The number of ether oxygens (including phenoxy) is 2. The van der Waals surface area contributed by atoms with Crippen molar-refractivity contribution in [1.29, 1.82) is 0 Å². The monoisotopic (exact) mass is 424 g/mol. The summed E-state index contributed by atoms with van der Waals surface area (Å²) >= 11 is 0. The summed E-state index contributed by atoms with van der Waals surface area (Å²) in [6.07, 6.45) is 14.9. The van der Waals surface area contributed by atoms with Gasteiger partial charge in [0.2, 0.25) is 0 Å². The van der Waals surface area contributed by atoms with Gasteiger partial charge in [-0.25, -0.2) is 0 Å². The Hall–Kier alpha value is -1.06. The Bertz CT molecular complexity index is 462. The number of hydrogen-bond donors (Lipinski definition) is 0. The second-order valence-corrected chi connectivity index (χ2v) is 9.32. The number of unbranched alkanes of at least 4 members (excludes halogenated alkanes) is 3. The molecule has 1 fully saturated rings. The van der Waals surface area contributed by atoms with Crippen molar-refractivity contribution in [1.82, 2.24) is 0 Å². The van der Waals surface area contributed by atoms with Crippen LogP contribution in [-0.4, -0.2) is 25.2 Å². The standard InChI is InChI=1S/C26H48O4/c1-5-9-11-16-22(14-7-3)20-30-26(28)24-18-13-12-17-23(24)25(27)29-19-21(8-4)15-10-6-2/h21-24H,5-20H2,1-4H3. The van der Waals surface area contributed by atoms with E-state index in [2.05, 4.69) is 27.7 Å². The third-order valence-corrected chi connectivity index (χ3v) is 6.75. The molecule has 0 spiro atoms. The first-order valence-electron chi connectivity index (χ1n) is 12.9. The van der Waals surface area contributed by atoms with Crippen LogP contribution in [0.2, 0.25) is 0 Å². The average molecular weight is 425 g/mol. The third-order valence-electron chi connectivity index (χ3n) is 6.75. The van der Waals surface area contributed by atoms with Gasteiger partial charge in [0, 0.05) is 0 Å². The summed E-state index contributed by atoms with van der Waals surface area (Å²) in [6, 6.07) is 0. The van der Waals surface area contributed by atoms with Crippen LogP contribution in [-0.2, 0) is 19.1 Å². The zero-order valence-corrected chi connectivity index (χ0v) is 20.3. The van der Waals surface area contributed by atoms with Gasteiger partial charge in [0.15, 0.2) is 0 Å². The van der Waals surface area contributed by atoms with Crippen molar-refractivity contribution in [3.63, 3.8) is 0 Å². The SMILES string of the molecule is CCCCCC(CCC)COC(=O)C1CCCCC1C(=O)OCC(CC)CCCC. The fourth-order valence-electron chi connectivity index (χ4n) is 4.61. The molecule has 0 bridgehead atoms. The molecule has 30 heavy (non-hydrogen) atoms. The maximum atomic E-state index is 12.9. The van der Waals surface area contributed by atoms with Crippen molar-refractivity contribution >= 4 is 11.9 Å². The fraction of sp³-hybridized carbons (Fsp3) is 0.923. The predicted molar refractivity (Wildman–Crippen MR) is 123 cm³/mol. The second-order valence-electron chi connectivity index (χ2n) is 9.32. The average Bonchev–Trinajstić information content (AvgIpc) is 2.77. The van der Waals surface area contributed by atoms with Crippen LogP contribution >= 0.6 is 0 Å². The van der Waals surface area contributed by atoms with Crippen molar-refractivity contribution < 1.29 is 19.1 Å². The Labute approximate surface area is 185 Å². The molecule has 0 amide bonds. The topological polar surface area (TPSA) is 52.6 Å². The highest BCUT2D eigenvalue weighted by Crippen LogP contribution is 2.32. The van der Waals surface area contributed by atoms with E-state index in [1.807, 2.05) is 0 Å². The van der Waals surface area contributed by atoms with Crippen molar-refractivity contribution in [3.05, 3.63) is 0 Å². The highest BCUT2D eigenvalue weighted by Gasteiger charge is 2.38. The summed E-state index contributed by atoms with van der Waals surface area (Å²) in [4.78, 5) is 25.6. The van der Waals surface area contributed by atoms with E-state index in [0.29, 0.717) is 25.0 Å². The van der Waals surface area contributed by atoms with Crippen molar-refractivity contribution in [2.75, 3.05) is 13.2 Å². The zero-order valence-electron chi connectivity index (χ0n) is 20.3. The Morgan fingerprint density at radius 2 is 1.23 bits per heavy atom. The largest absolute Gasteiger partial charge is 0.465 e. The third kappa shape index (κ3) is 10.3. The molecule has 0 radical (unpaired) electrons. The van der Waals surface area contributed by atoms with Crippen molar-refractivity contribution in [2.24, 2.45) is 23.7 Å². The Morgan fingerprint density at radius 3 is 1.73 bits per heavy atom. The first kappa shape index (κ1) is 27.0. The van der Waals surface area contributed by atoms with Gasteiger partial charge in [-0.1, -0.05) is 85.5 Å². The summed E-state index contributed by atoms with van der Waals surface area (Å²) in [5.74, 6) is -0.116. The smallest absolute Gasteiger partial charge is 0.309 e. The lowest BCUT2D eigenvalue weighted by Crippen LogP contribution is -2.36. The number of carbonyl (C=O) groups excluding carboxylic acids is 2. The van der Waals surface area contributed by atoms with Crippen LogP contribution in [0.15, 0.2) is 0 Å². The molecule has 4 heteroatoms. The molecule has 1 aliphatic carbocycles. The summed E-state index contributed by atoms with van der Waals surface area (Å²) in [7, 11) is 0. The lowest BCUT2D eigenvalue weighted by atomic mass is 9.79. The van der Waals surface area contributed by atoms with Crippen LogP contribution < -0.4 is 0 Å². The molecule has 0 aliphatic heterocycles. The summed E-state index contributed by atoms with van der Waals surface area (Å²) in [6.45, 7) is 9.73. The van der Waals surface area contributed by atoms with Gasteiger partial charge in [0.25, 0.3) is 0 Å². The van der Waals surface area contributed by atoms with Gasteiger partial charge in [-0.3, -0.25) is 9.59 Å². The van der Waals surface area contributed by atoms with E-state index in [1.54, 1.807) is 0 Å². The van der Waals surface area contributed by atoms with Crippen LogP contribution in [0, 0.1) is 23.7 Å². The molecule has 1 rings (SSSR count). The van der Waals surface area contributed by atoms with Gasteiger partial charge in [0.05, 0.1) is 25.0 Å². The molecule has 4 nitrogen and oxygen atoms in total. The minimum atomic E-state index is -0.320. The lowest BCUT2D eigenvalue weighted by molar-refractivity contribution is -0.164. The van der Waals surface area contributed by atoms with E-state index >= 15 is 0 Å². The minimum absolute atomic E-state index is 0.175. The maximum absolute atomic E-state index is 12.9. The number of esters is 2. The van der Waals surface area contributed by atoms with Crippen LogP contribution in [0.1, 0.15) is 118 Å². The second kappa shape index (κ2) is 16.6. The Kier molecular flexibility index (Phi) is 14.9. The van der Waals surface area contributed by atoms with Gasteiger partial charge < -0.3 is 9.47 Å². The van der Waals surface area contributed by atoms with E-state index < -0.39 is 0 Å². The molecule has 1 saturated carbocycles. The van der Waals surface area contributed by atoms with E-state index in [9.17, 15) is 9.59 Å². The van der Waals surface area contributed by atoms with Gasteiger partial charge in [0.1, 0.15) is 0 Å². The molecule has 4 unspecified atom stereocenters. The molecule has 0 N–H and O–H groups in total. The summed E-state index contributed by atoms with van der Waals surface area (Å²) < 4.78 is 11.5. The quantitative estimate of drug-likeness (QED) is 0.196. The number of hydrogen-bond acceptors (Lipinski definition) is 4. The molecule has 1 aliphatic rings.